The second kappa shape index (κ2) is 6.41. The minimum Gasteiger partial charge on any atom is -0.481 e. The molecule has 0 spiro atoms. The van der Waals surface area contributed by atoms with Crippen LogP contribution in [0.15, 0.2) is 30.3 Å². The number of carbonyl (C=O) groups is 2. The summed E-state index contributed by atoms with van der Waals surface area (Å²) in [5.74, 6) is -0.526. The van der Waals surface area contributed by atoms with Crippen molar-refractivity contribution in [2.45, 2.75) is 25.9 Å². The predicted molar refractivity (Wildman–Crippen MR) is 73.5 cm³/mol. The van der Waals surface area contributed by atoms with Crippen molar-refractivity contribution >= 4 is 11.9 Å². The summed E-state index contributed by atoms with van der Waals surface area (Å²) in [5.41, 5.74) is 0. The van der Waals surface area contributed by atoms with Crippen molar-refractivity contribution in [1.82, 2.24) is 4.90 Å². The highest BCUT2D eigenvalue weighted by atomic mass is 16.5. The molecule has 1 saturated heterocycles. The Balaban J connectivity index is 1.87. The van der Waals surface area contributed by atoms with Crippen LogP contribution < -0.4 is 4.74 Å². The molecule has 0 bridgehead atoms. The molecule has 0 radical (unpaired) electrons. The number of carboxylic acids is 1. The zero-order valence-corrected chi connectivity index (χ0v) is 11.5. The number of carbonyl (C=O) groups excluding carboxylic acids is 1. The van der Waals surface area contributed by atoms with Gasteiger partial charge in [-0.3, -0.25) is 9.59 Å². The maximum absolute atomic E-state index is 12.2. The molecule has 5 nitrogen and oxygen atoms in total. The Morgan fingerprint density at radius 3 is 2.40 bits per heavy atom. The highest BCUT2D eigenvalue weighted by Gasteiger charge is 2.29. The van der Waals surface area contributed by atoms with Crippen LogP contribution in [0.2, 0.25) is 0 Å². The molecule has 0 aromatic heterocycles. The lowest BCUT2D eigenvalue weighted by molar-refractivity contribution is -0.147. The van der Waals surface area contributed by atoms with E-state index in [1.54, 1.807) is 24.0 Å². The monoisotopic (exact) mass is 277 g/mol. The maximum Gasteiger partial charge on any atom is 0.306 e. The summed E-state index contributed by atoms with van der Waals surface area (Å²) in [6.45, 7) is 2.69. The summed E-state index contributed by atoms with van der Waals surface area (Å²) in [4.78, 5) is 24.8. The zero-order valence-electron chi connectivity index (χ0n) is 11.5. The molecule has 1 aromatic carbocycles. The van der Waals surface area contributed by atoms with E-state index in [0.29, 0.717) is 31.7 Å². The van der Waals surface area contributed by atoms with Crippen LogP contribution in [0.4, 0.5) is 0 Å². The number of piperidine rings is 1. The van der Waals surface area contributed by atoms with Crippen LogP contribution in [0.5, 0.6) is 5.75 Å². The van der Waals surface area contributed by atoms with Crippen LogP contribution in [0, 0.1) is 5.92 Å². The van der Waals surface area contributed by atoms with E-state index in [4.69, 9.17) is 9.84 Å². The molecular formula is C15H19NO4. The van der Waals surface area contributed by atoms with E-state index in [1.807, 2.05) is 18.2 Å². The molecule has 1 atom stereocenters. The van der Waals surface area contributed by atoms with Crippen LogP contribution in [0.3, 0.4) is 0 Å². The first-order valence-corrected chi connectivity index (χ1v) is 6.81. The van der Waals surface area contributed by atoms with Gasteiger partial charge in [0.15, 0.2) is 6.10 Å². The first-order valence-electron chi connectivity index (χ1n) is 6.81. The molecule has 1 aliphatic heterocycles. The molecule has 0 saturated carbocycles. The number of amides is 1. The lowest BCUT2D eigenvalue weighted by Gasteiger charge is -2.31. The van der Waals surface area contributed by atoms with Crippen LogP contribution in [0.25, 0.3) is 0 Å². The molecule has 5 heteroatoms. The van der Waals surface area contributed by atoms with Crippen molar-refractivity contribution in [3.05, 3.63) is 30.3 Å². The molecule has 1 amide bonds. The SMILES string of the molecule is C[C@H](Oc1ccccc1)C(=O)N1CCC(C(=O)O)CC1. The van der Waals surface area contributed by atoms with Gasteiger partial charge >= 0.3 is 5.97 Å². The van der Waals surface area contributed by atoms with Gasteiger partial charge in [-0.05, 0) is 31.9 Å². The number of para-hydroxylation sites is 1. The second-order valence-electron chi connectivity index (χ2n) is 5.01. The maximum atomic E-state index is 12.2. The van der Waals surface area contributed by atoms with Crippen molar-refractivity contribution < 1.29 is 19.4 Å². The van der Waals surface area contributed by atoms with Gasteiger partial charge < -0.3 is 14.7 Å². The van der Waals surface area contributed by atoms with Gasteiger partial charge in [0.05, 0.1) is 5.92 Å². The Kier molecular flexibility index (Phi) is 4.61. The molecule has 1 heterocycles. The number of hydrogen-bond acceptors (Lipinski definition) is 3. The molecule has 0 aliphatic carbocycles. The number of likely N-dealkylation sites (tertiary alicyclic amines) is 1. The lowest BCUT2D eigenvalue weighted by Crippen LogP contribution is -2.45. The number of hydrogen-bond donors (Lipinski definition) is 1. The lowest BCUT2D eigenvalue weighted by atomic mass is 9.97. The number of benzene rings is 1. The van der Waals surface area contributed by atoms with E-state index in [9.17, 15) is 9.59 Å². The largest absolute Gasteiger partial charge is 0.481 e. The van der Waals surface area contributed by atoms with Crippen LogP contribution in [-0.2, 0) is 9.59 Å². The van der Waals surface area contributed by atoms with Crippen molar-refractivity contribution in [2.75, 3.05) is 13.1 Å². The number of nitrogens with zero attached hydrogens (tertiary/aromatic N) is 1. The second-order valence-corrected chi connectivity index (χ2v) is 5.01. The Labute approximate surface area is 118 Å². The first-order chi connectivity index (χ1) is 9.58. The Morgan fingerprint density at radius 2 is 1.85 bits per heavy atom. The van der Waals surface area contributed by atoms with Gasteiger partial charge in [-0.2, -0.15) is 0 Å². The van der Waals surface area contributed by atoms with Crippen molar-refractivity contribution in [1.29, 1.82) is 0 Å². The fourth-order valence-electron chi connectivity index (χ4n) is 2.36. The van der Waals surface area contributed by atoms with E-state index in [1.165, 1.54) is 0 Å². The molecule has 1 fully saturated rings. The van der Waals surface area contributed by atoms with E-state index < -0.39 is 12.1 Å². The first kappa shape index (κ1) is 14.4. The van der Waals surface area contributed by atoms with E-state index in [0.717, 1.165) is 0 Å². The molecule has 0 unspecified atom stereocenters. The summed E-state index contributed by atoms with van der Waals surface area (Å²) in [6, 6.07) is 9.20. The highest BCUT2D eigenvalue weighted by molar-refractivity contribution is 5.81. The topological polar surface area (TPSA) is 66.8 Å². The summed E-state index contributed by atoms with van der Waals surface area (Å²) in [7, 11) is 0. The standard InChI is InChI=1S/C15H19NO4/c1-11(20-13-5-3-2-4-6-13)14(17)16-9-7-12(8-10-16)15(18)19/h2-6,11-12H,7-10H2,1H3,(H,18,19)/t11-/m0/s1. The molecule has 1 aromatic rings. The molecule has 20 heavy (non-hydrogen) atoms. The molecule has 108 valence electrons. The Hall–Kier alpha value is -2.04. The van der Waals surface area contributed by atoms with Crippen LogP contribution in [0.1, 0.15) is 19.8 Å². The van der Waals surface area contributed by atoms with Crippen molar-refractivity contribution in [3.8, 4) is 5.75 Å². The molecule has 1 aliphatic rings. The summed E-state index contributed by atoms with van der Waals surface area (Å²) < 4.78 is 5.60. The van der Waals surface area contributed by atoms with Gasteiger partial charge in [0.1, 0.15) is 5.75 Å². The average Bonchev–Trinajstić information content (AvgIpc) is 2.47. The quantitative estimate of drug-likeness (QED) is 0.911. The van der Waals surface area contributed by atoms with E-state index in [2.05, 4.69) is 0 Å². The summed E-state index contributed by atoms with van der Waals surface area (Å²) in [6.07, 6.45) is 0.469. The van der Waals surface area contributed by atoms with E-state index >= 15 is 0 Å². The molecule has 2 rings (SSSR count). The third-order valence-corrected chi connectivity index (χ3v) is 3.56. The fraction of sp³-hybridized carbons (Fsp3) is 0.467. The normalized spacial score (nSPS) is 17.6. The van der Waals surface area contributed by atoms with Gasteiger partial charge in [-0.25, -0.2) is 0 Å². The highest BCUT2D eigenvalue weighted by Crippen LogP contribution is 2.19. The molecular weight excluding hydrogens is 258 g/mol. The zero-order chi connectivity index (χ0) is 14.5. The van der Waals surface area contributed by atoms with Gasteiger partial charge in [-0.1, -0.05) is 18.2 Å². The Bertz CT molecular complexity index is 466. The average molecular weight is 277 g/mol. The predicted octanol–water partition coefficient (Wildman–Crippen LogP) is 1.78. The minimum absolute atomic E-state index is 0.0855. The van der Waals surface area contributed by atoms with Crippen molar-refractivity contribution in [2.24, 2.45) is 5.92 Å². The van der Waals surface area contributed by atoms with Gasteiger partial charge in [0.2, 0.25) is 0 Å². The summed E-state index contributed by atoms with van der Waals surface area (Å²) >= 11 is 0. The van der Waals surface area contributed by atoms with Crippen LogP contribution in [-0.4, -0.2) is 41.1 Å². The van der Waals surface area contributed by atoms with Crippen molar-refractivity contribution in [3.63, 3.8) is 0 Å². The number of carboxylic acid groups (broad SMARTS) is 1. The van der Waals surface area contributed by atoms with Crippen LogP contribution >= 0.6 is 0 Å². The fourth-order valence-corrected chi connectivity index (χ4v) is 2.36. The number of aliphatic carboxylic acids is 1. The minimum atomic E-state index is -0.773. The smallest absolute Gasteiger partial charge is 0.306 e. The summed E-state index contributed by atoms with van der Waals surface area (Å²) in [5, 5.41) is 8.94. The molecule has 1 N–H and O–H groups in total. The Morgan fingerprint density at radius 1 is 1.25 bits per heavy atom. The van der Waals surface area contributed by atoms with Gasteiger partial charge in [0.25, 0.3) is 5.91 Å². The van der Waals surface area contributed by atoms with E-state index in [-0.39, 0.29) is 11.8 Å². The third kappa shape index (κ3) is 3.50. The van der Waals surface area contributed by atoms with Gasteiger partial charge in [0, 0.05) is 13.1 Å². The third-order valence-electron chi connectivity index (χ3n) is 3.56. The van der Waals surface area contributed by atoms with Gasteiger partial charge in [-0.15, -0.1) is 0 Å². The number of rotatable bonds is 4. The number of ether oxygens (including phenoxy) is 1.